The van der Waals surface area contributed by atoms with E-state index < -0.39 is 5.82 Å². The van der Waals surface area contributed by atoms with Crippen molar-refractivity contribution in [2.45, 2.75) is 0 Å². The molecular weight excluding hydrogens is 227 g/mol. The van der Waals surface area contributed by atoms with Gasteiger partial charge < -0.3 is 4.74 Å². The molecule has 0 unspecified atom stereocenters. The maximum Gasteiger partial charge on any atom is 0.204 e. The average Bonchev–Trinajstić information content (AvgIpc) is 2.35. The number of hydrogen-bond acceptors (Lipinski definition) is 2. The minimum atomic E-state index is -0.437. The van der Waals surface area contributed by atoms with Gasteiger partial charge in [0.1, 0.15) is 11.6 Å². The summed E-state index contributed by atoms with van der Waals surface area (Å²) in [6.45, 7) is 0.0191. The van der Waals surface area contributed by atoms with Gasteiger partial charge in [-0.2, -0.15) is 0 Å². The van der Waals surface area contributed by atoms with Crippen LogP contribution >= 0.6 is 15.9 Å². The van der Waals surface area contributed by atoms with E-state index in [1.165, 1.54) is 12.1 Å². The molecule has 0 spiro atoms. The third-order valence-corrected chi connectivity index (χ3v) is 2.29. The van der Waals surface area contributed by atoms with Gasteiger partial charge in [-0.15, -0.1) is 0 Å². The van der Waals surface area contributed by atoms with E-state index in [2.05, 4.69) is 15.9 Å². The molecule has 0 amide bonds. The van der Waals surface area contributed by atoms with Crippen LogP contribution in [-0.4, -0.2) is 12.4 Å². The largest absolute Gasteiger partial charge is 0.485 e. The molecule has 12 heavy (non-hydrogen) atoms. The van der Waals surface area contributed by atoms with Crippen molar-refractivity contribution in [3.63, 3.8) is 0 Å². The van der Waals surface area contributed by atoms with Crippen LogP contribution < -0.4 is 4.74 Å². The fourth-order valence-electron chi connectivity index (χ4n) is 1.09. The summed E-state index contributed by atoms with van der Waals surface area (Å²) in [5.74, 6) is -0.155. The zero-order chi connectivity index (χ0) is 8.72. The van der Waals surface area contributed by atoms with Gasteiger partial charge in [-0.1, -0.05) is 0 Å². The van der Waals surface area contributed by atoms with Crippen molar-refractivity contribution >= 4 is 21.7 Å². The Hall–Kier alpha value is -0.900. The Bertz CT molecular complexity index is 362. The fraction of sp³-hybridized carbons (Fsp3) is 0.125. The second-order valence-corrected chi connectivity index (χ2v) is 3.33. The normalized spacial score (nSPS) is 14.3. The van der Waals surface area contributed by atoms with Crippen LogP contribution in [0.5, 0.6) is 5.75 Å². The van der Waals surface area contributed by atoms with Gasteiger partial charge in [-0.3, -0.25) is 4.79 Å². The first-order chi connectivity index (χ1) is 5.68. The summed E-state index contributed by atoms with van der Waals surface area (Å²) in [6, 6.07) is 2.66. The maximum atomic E-state index is 12.9. The Morgan fingerprint density at radius 3 is 3.00 bits per heavy atom. The van der Waals surface area contributed by atoms with E-state index in [0.29, 0.717) is 15.8 Å². The molecule has 0 atom stereocenters. The Morgan fingerprint density at radius 1 is 1.50 bits per heavy atom. The zero-order valence-electron chi connectivity index (χ0n) is 5.93. The van der Waals surface area contributed by atoms with E-state index in [-0.39, 0.29) is 12.4 Å². The number of ether oxygens (including phenoxy) is 1. The van der Waals surface area contributed by atoms with Crippen molar-refractivity contribution in [2.75, 3.05) is 6.61 Å². The molecule has 1 aliphatic rings. The summed E-state index contributed by atoms with van der Waals surface area (Å²) in [7, 11) is 0. The zero-order valence-corrected chi connectivity index (χ0v) is 7.52. The quantitative estimate of drug-likeness (QED) is 0.683. The molecule has 0 aliphatic carbocycles. The number of ketones is 1. The van der Waals surface area contributed by atoms with Crippen LogP contribution in [-0.2, 0) is 0 Å². The maximum absolute atomic E-state index is 12.9. The van der Waals surface area contributed by atoms with Gasteiger partial charge >= 0.3 is 0 Å². The molecule has 0 fully saturated rings. The highest BCUT2D eigenvalue weighted by Crippen LogP contribution is 2.30. The number of Topliss-reactive ketones (excluding diaryl/α,β-unsaturated/α-hetero) is 1. The second kappa shape index (κ2) is 2.55. The van der Waals surface area contributed by atoms with Gasteiger partial charge in [0, 0.05) is 0 Å². The third-order valence-electron chi connectivity index (χ3n) is 1.68. The van der Waals surface area contributed by atoms with Crippen LogP contribution in [0.25, 0.3) is 0 Å². The molecule has 0 N–H and O–H groups in total. The lowest BCUT2D eigenvalue weighted by atomic mass is 10.1. The van der Waals surface area contributed by atoms with Crippen LogP contribution in [0.3, 0.4) is 0 Å². The molecule has 4 heteroatoms. The molecule has 62 valence electrons. The lowest BCUT2D eigenvalue weighted by Gasteiger charge is -1.98. The van der Waals surface area contributed by atoms with E-state index in [4.69, 9.17) is 4.74 Å². The number of carbonyl (C=O) groups is 1. The van der Waals surface area contributed by atoms with Crippen LogP contribution in [0.2, 0.25) is 0 Å². The number of halogens is 2. The van der Waals surface area contributed by atoms with Crippen molar-refractivity contribution in [3.8, 4) is 5.75 Å². The van der Waals surface area contributed by atoms with Gasteiger partial charge in [0.05, 0.1) is 10.0 Å². The molecule has 1 aromatic rings. The van der Waals surface area contributed by atoms with Crippen molar-refractivity contribution in [1.82, 2.24) is 0 Å². The first-order valence-corrected chi connectivity index (χ1v) is 4.13. The lowest BCUT2D eigenvalue weighted by molar-refractivity contribution is 0.0961. The predicted octanol–water partition coefficient (Wildman–Crippen LogP) is 2.16. The topological polar surface area (TPSA) is 26.3 Å². The van der Waals surface area contributed by atoms with Crippen LogP contribution in [0, 0.1) is 5.82 Å². The van der Waals surface area contributed by atoms with E-state index in [1.54, 1.807) is 0 Å². The highest BCUT2D eigenvalue weighted by molar-refractivity contribution is 9.10. The number of benzene rings is 1. The molecule has 0 saturated heterocycles. The number of hydrogen-bond donors (Lipinski definition) is 0. The Kier molecular flexibility index (Phi) is 1.65. The summed E-state index contributed by atoms with van der Waals surface area (Å²) in [6.07, 6.45) is 0. The molecule has 2 nitrogen and oxygen atoms in total. The van der Waals surface area contributed by atoms with Gasteiger partial charge in [-0.05, 0) is 28.1 Å². The first-order valence-electron chi connectivity index (χ1n) is 3.33. The monoisotopic (exact) mass is 230 g/mol. The Labute approximate surface area is 76.5 Å². The summed E-state index contributed by atoms with van der Waals surface area (Å²) >= 11 is 3.00. The van der Waals surface area contributed by atoms with Gasteiger partial charge in [-0.25, -0.2) is 4.39 Å². The van der Waals surface area contributed by atoms with Crippen LogP contribution in [0.4, 0.5) is 4.39 Å². The molecule has 0 radical (unpaired) electrons. The van der Waals surface area contributed by atoms with Crippen molar-refractivity contribution < 1.29 is 13.9 Å². The Balaban J connectivity index is 2.63. The van der Waals surface area contributed by atoms with E-state index in [1.807, 2.05) is 0 Å². The number of rotatable bonds is 0. The highest BCUT2D eigenvalue weighted by atomic mass is 79.9. The smallest absolute Gasteiger partial charge is 0.204 e. The summed E-state index contributed by atoms with van der Waals surface area (Å²) in [5.41, 5.74) is 0.329. The van der Waals surface area contributed by atoms with Crippen molar-refractivity contribution in [1.29, 1.82) is 0 Å². The molecule has 0 saturated carbocycles. The van der Waals surface area contributed by atoms with Crippen LogP contribution in [0.15, 0.2) is 16.6 Å². The van der Waals surface area contributed by atoms with Gasteiger partial charge in [0.2, 0.25) is 5.78 Å². The standard InChI is InChI=1S/C8H4BrFO2/c9-5-2-8-4(1-6(5)10)7(11)3-12-8/h1-2H,3H2. The second-order valence-electron chi connectivity index (χ2n) is 2.47. The number of carbonyl (C=O) groups excluding carboxylic acids is 1. The fourth-order valence-corrected chi connectivity index (χ4v) is 1.41. The summed E-state index contributed by atoms with van der Waals surface area (Å²) in [5, 5.41) is 0. The summed E-state index contributed by atoms with van der Waals surface area (Å²) < 4.78 is 18.2. The molecule has 1 aromatic carbocycles. The first kappa shape index (κ1) is 7.73. The minimum Gasteiger partial charge on any atom is -0.485 e. The highest BCUT2D eigenvalue weighted by Gasteiger charge is 2.22. The van der Waals surface area contributed by atoms with E-state index >= 15 is 0 Å². The van der Waals surface area contributed by atoms with Gasteiger partial charge in [0.25, 0.3) is 0 Å². The minimum absolute atomic E-state index is 0.0191. The predicted molar refractivity (Wildman–Crippen MR) is 43.9 cm³/mol. The Morgan fingerprint density at radius 2 is 2.25 bits per heavy atom. The number of fused-ring (bicyclic) bond motifs is 1. The average molecular weight is 231 g/mol. The third kappa shape index (κ3) is 1.03. The molecule has 0 aromatic heterocycles. The van der Waals surface area contributed by atoms with Crippen molar-refractivity contribution in [2.24, 2.45) is 0 Å². The van der Waals surface area contributed by atoms with Gasteiger partial charge in [0.15, 0.2) is 6.61 Å². The molecule has 0 bridgehead atoms. The SMILES string of the molecule is O=C1COc2cc(Br)c(F)cc21. The molecule has 1 aliphatic heterocycles. The molecule has 2 rings (SSSR count). The lowest BCUT2D eigenvalue weighted by Crippen LogP contribution is -1.98. The molecular formula is C8H4BrFO2. The summed E-state index contributed by atoms with van der Waals surface area (Å²) in [4.78, 5) is 11.0. The van der Waals surface area contributed by atoms with E-state index in [9.17, 15) is 9.18 Å². The van der Waals surface area contributed by atoms with Crippen molar-refractivity contribution in [3.05, 3.63) is 28.0 Å². The van der Waals surface area contributed by atoms with E-state index in [0.717, 1.165) is 0 Å². The van der Waals surface area contributed by atoms with Crippen LogP contribution in [0.1, 0.15) is 10.4 Å². The molecule has 1 heterocycles.